The van der Waals surface area contributed by atoms with Crippen molar-refractivity contribution in [3.63, 3.8) is 0 Å². The lowest BCUT2D eigenvalue weighted by Gasteiger charge is -2.12. The fourth-order valence-corrected chi connectivity index (χ4v) is 3.71. The molecule has 1 aromatic carbocycles. The van der Waals surface area contributed by atoms with Crippen LogP contribution in [0.5, 0.6) is 0 Å². The second kappa shape index (κ2) is 5.24. The molecule has 2 rings (SSSR count). The summed E-state index contributed by atoms with van der Waals surface area (Å²) in [5.74, 6) is -0.316. The number of aliphatic hydroxyl groups excluding tert-OH is 1. The average molecular weight is 338 g/mol. The third kappa shape index (κ3) is 3.28. The van der Waals surface area contributed by atoms with Crippen molar-refractivity contribution >= 4 is 26.0 Å². The Kier molecular flexibility index (Phi) is 4.05. The molecule has 1 unspecified atom stereocenters. The summed E-state index contributed by atoms with van der Waals surface area (Å²) < 4.78 is 39.2. The van der Waals surface area contributed by atoms with E-state index in [0.29, 0.717) is 0 Å². The maximum absolute atomic E-state index is 12.9. The normalized spacial score (nSPS) is 17.7. The predicted molar refractivity (Wildman–Crippen MR) is 68.0 cm³/mol. The van der Waals surface area contributed by atoms with Crippen molar-refractivity contribution in [3.05, 3.63) is 28.5 Å². The zero-order valence-corrected chi connectivity index (χ0v) is 11.8. The number of aliphatic hydroxyl groups is 1. The highest BCUT2D eigenvalue weighted by Gasteiger charge is 2.30. The number of nitrogens with one attached hydrogen (secondary N) is 1. The highest BCUT2D eigenvalue weighted by atomic mass is 79.9. The summed E-state index contributed by atoms with van der Waals surface area (Å²) in [6.45, 7) is -0.0170. The van der Waals surface area contributed by atoms with E-state index in [4.69, 9.17) is 0 Å². The zero-order valence-electron chi connectivity index (χ0n) is 9.44. The van der Waals surface area contributed by atoms with Gasteiger partial charge in [0.2, 0.25) is 10.0 Å². The van der Waals surface area contributed by atoms with Crippen LogP contribution < -0.4 is 4.72 Å². The summed E-state index contributed by atoms with van der Waals surface area (Å²) >= 11 is 3.01. The van der Waals surface area contributed by atoms with Crippen LogP contribution in [0.2, 0.25) is 0 Å². The van der Waals surface area contributed by atoms with Crippen LogP contribution in [0.3, 0.4) is 0 Å². The standard InChI is InChI=1S/C11H13BrFNO3S/c12-9-5-8(13)3-4-11(9)18(16,17)14-6-10(15)7-1-2-7/h3-5,7,10,14-15H,1-2,6H2. The lowest BCUT2D eigenvalue weighted by atomic mass is 10.2. The fraction of sp³-hybridized carbons (Fsp3) is 0.455. The van der Waals surface area contributed by atoms with Gasteiger partial charge in [0.15, 0.2) is 0 Å². The van der Waals surface area contributed by atoms with E-state index in [1.54, 1.807) is 0 Å². The first-order chi connectivity index (χ1) is 8.40. The van der Waals surface area contributed by atoms with Gasteiger partial charge in [0, 0.05) is 11.0 Å². The van der Waals surface area contributed by atoms with E-state index in [1.807, 2.05) is 0 Å². The van der Waals surface area contributed by atoms with Gasteiger partial charge in [-0.1, -0.05) is 0 Å². The Balaban J connectivity index is 2.09. The van der Waals surface area contributed by atoms with Gasteiger partial charge in [-0.2, -0.15) is 0 Å². The molecule has 1 fully saturated rings. The Morgan fingerprint density at radius 2 is 2.17 bits per heavy atom. The van der Waals surface area contributed by atoms with E-state index >= 15 is 0 Å². The molecule has 1 saturated carbocycles. The van der Waals surface area contributed by atoms with Crippen LogP contribution in [0.25, 0.3) is 0 Å². The molecule has 2 N–H and O–H groups in total. The first kappa shape index (κ1) is 13.9. The van der Waals surface area contributed by atoms with E-state index in [1.165, 1.54) is 6.07 Å². The maximum Gasteiger partial charge on any atom is 0.241 e. The number of halogens is 2. The molecule has 100 valence electrons. The lowest BCUT2D eigenvalue weighted by Crippen LogP contribution is -2.33. The number of benzene rings is 1. The minimum atomic E-state index is -3.73. The summed E-state index contributed by atoms with van der Waals surface area (Å²) in [7, 11) is -3.73. The maximum atomic E-state index is 12.9. The molecule has 7 heteroatoms. The zero-order chi connectivity index (χ0) is 13.3. The van der Waals surface area contributed by atoms with E-state index in [9.17, 15) is 17.9 Å². The van der Waals surface area contributed by atoms with Gasteiger partial charge in [0.25, 0.3) is 0 Å². The van der Waals surface area contributed by atoms with Crippen molar-refractivity contribution in [2.75, 3.05) is 6.54 Å². The van der Waals surface area contributed by atoms with Crippen LogP contribution in [0, 0.1) is 11.7 Å². The third-order valence-corrected chi connectivity index (χ3v) is 5.23. The smallest absolute Gasteiger partial charge is 0.241 e. The van der Waals surface area contributed by atoms with Crippen LogP contribution in [0.1, 0.15) is 12.8 Å². The SMILES string of the molecule is O=S(=O)(NCC(O)C1CC1)c1ccc(F)cc1Br. The molecular weight excluding hydrogens is 325 g/mol. The Hall–Kier alpha value is -0.500. The molecule has 1 aliphatic carbocycles. The number of sulfonamides is 1. The Morgan fingerprint density at radius 1 is 1.50 bits per heavy atom. The summed E-state index contributed by atoms with van der Waals surface area (Å²) in [4.78, 5) is -0.0353. The molecule has 0 aliphatic heterocycles. The van der Waals surface area contributed by atoms with Crippen molar-refractivity contribution in [1.82, 2.24) is 4.72 Å². The van der Waals surface area contributed by atoms with Crippen molar-refractivity contribution in [1.29, 1.82) is 0 Å². The van der Waals surface area contributed by atoms with E-state index < -0.39 is 21.9 Å². The van der Waals surface area contributed by atoms with Crippen molar-refractivity contribution in [2.45, 2.75) is 23.8 Å². The van der Waals surface area contributed by atoms with Crippen LogP contribution in [-0.2, 0) is 10.0 Å². The van der Waals surface area contributed by atoms with Gasteiger partial charge in [-0.15, -0.1) is 0 Å². The molecule has 1 atom stereocenters. The van der Waals surface area contributed by atoms with E-state index in [0.717, 1.165) is 25.0 Å². The van der Waals surface area contributed by atoms with Crippen LogP contribution in [0.15, 0.2) is 27.6 Å². The molecule has 0 bridgehead atoms. The number of hydrogen-bond acceptors (Lipinski definition) is 3. The predicted octanol–water partition coefficient (Wildman–Crippen LogP) is 1.64. The molecule has 0 heterocycles. The quantitative estimate of drug-likeness (QED) is 0.858. The molecule has 1 aromatic rings. The molecule has 0 saturated heterocycles. The molecule has 0 radical (unpaired) electrons. The van der Waals surface area contributed by atoms with Gasteiger partial charge in [-0.3, -0.25) is 0 Å². The van der Waals surface area contributed by atoms with E-state index in [2.05, 4.69) is 20.7 Å². The van der Waals surface area contributed by atoms with E-state index in [-0.39, 0.29) is 21.8 Å². The first-order valence-electron chi connectivity index (χ1n) is 5.53. The van der Waals surface area contributed by atoms with Gasteiger partial charge in [-0.25, -0.2) is 17.5 Å². The van der Waals surface area contributed by atoms with Crippen molar-refractivity contribution in [2.24, 2.45) is 5.92 Å². The highest BCUT2D eigenvalue weighted by molar-refractivity contribution is 9.10. The minimum Gasteiger partial charge on any atom is -0.391 e. The number of hydrogen-bond donors (Lipinski definition) is 2. The lowest BCUT2D eigenvalue weighted by molar-refractivity contribution is 0.155. The topological polar surface area (TPSA) is 66.4 Å². The van der Waals surface area contributed by atoms with Crippen LogP contribution in [-0.4, -0.2) is 26.2 Å². The van der Waals surface area contributed by atoms with Gasteiger partial charge in [0.05, 0.1) is 11.0 Å². The molecule has 18 heavy (non-hydrogen) atoms. The monoisotopic (exact) mass is 337 g/mol. The van der Waals surface area contributed by atoms with Crippen LogP contribution >= 0.6 is 15.9 Å². The summed E-state index contributed by atoms with van der Waals surface area (Å²) in [5, 5.41) is 9.61. The second-order valence-corrected chi connectivity index (χ2v) is 6.92. The Morgan fingerprint density at radius 3 is 2.72 bits per heavy atom. The third-order valence-electron chi connectivity index (χ3n) is 2.83. The largest absolute Gasteiger partial charge is 0.391 e. The Labute approximate surface area is 113 Å². The van der Waals surface area contributed by atoms with Crippen molar-refractivity contribution < 1.29 is 17.9 Å². The summed E-state index contributed by atoms with van der Waals surface area (Å²) in [6.07, 6.45) is 1.21. The molecule has 0 aromatic heterocycles. The average Bonchev–Trinajstić information content (AvgIpc) is 3.09. The Bertz CT molecular complexity index is 545. The van der Waals surface area contributed by atoms with Gasteiger partial charge in [-0.05, 0) is 52.9 Å². The molecule has 4 nitrogen and oxygen atoms in total. The molecule has 1 aliphatic rings. The van der Waals surface area contributed by atoms with Crippen LogP contribution in [0.4, 0.5) is 4.39 Å². The summed E-state index contributed by atoms with van der Waals surface area (Å²) in [5.41, 5.74) is 0. The summed E-state index contributed by atoms with van der Waals surface area (Å²) in [6, 6.07) is 3.35. The van der Waals surface area contributed by atoms with Crippen molar-refractivity contribution in [3.8, 4) is 0 Å². The van der Waals surface area contributed by atoms with Gasteiger partial charge >= 0.3 is 0 Å². The molecule has 0 amide bonds. The highest BCUT2D eigenvalue weighted by Crippen LogP contribution is 2.32. The molecule has 0 spiro atoms. The second-order valence-electron chi connectivity index (χ2n) is 4.33. The fourth-order valence-electron chi connectivity index (χ4n) is 1.61. The van der Waals surface area contributed by atoms with Gasteiger partial charge < -0.3 is 5.11 Å². The van der Waals surface area contributed by atoms with Gasteiger partial charge in [0.1, 0.15) is 5.82 Å². The first-order valence-corrected chi connectivity index (χ1v) is 7.80. The number of rotatable bonds is 5. The minimum absolute atomic E-state index is 0.0170. The molecular formula is C11H13BrFNO3S.